The summed E-state index contributed by atoms with van der Waals surface area (Å²) in [6, 6.07) is 8.67. The highest BCUT2D eigenvalue weighted by molar-refractivity contribution is 7.86. The maximum Gasteiger partial charge on any atom is 0.0585 e. The monoisotopic (exact) mass is 237 g/mol. The molecular formula is C13H19NOS. The van der Waals surface area contributed by atoms with Crippen LogP contribution in [0.4, 0.5) is 0 Å². The van der Waals surface area contributed by atoms with Crippen LogP contribution in [-0.4, -0.2) is 21.8 Å². The van der Waals surface area contributed by atoms with Crippen molar-refractivity contribution in [2.45, 2.75) is 36.8 Å². The molecule has 0 heterocycles. The van der Waals surface area contributed by atoms with Gasteiger partial charge < -0.3 is 5.32 Å². The molecule has 1 N–H and O–H groups in total. The largest absolute Gasteiger partial charge is 0.312 e. The first-order chi connectivity index (χ1) is 7.65. The molecule has 3 atom stereocenters. The van der Waals surface area contributed by atoms with Crippen LogP contribution >= 0.6 is 0 Å². The van der Waals surface area contributed by atoms with E-state index in [9.17, 15) is 4.21 Å². The predicted molar refractivity (Wildman–Crippen MR) is 69.0 cm³/mol. The summed E-state index contributed by atoms with van der Waals surface area (Å²) in [5.74, 6) is 0. The molecule has 0 radical (unpaired) electrons. The number of nitrogens with one attached hydrogen (secondary N) is 1. The Morgan fingerprint density at radius 2 is 2.06 bits per heavy atom. The van der Waals surface area contributed by atoms with Crippen molar-refractivity contribution >= 4 is 10.8 Å². The van der Waals surface area contributed by atoms with Crippen molar-refractivity contribution in [1.29, 1.82) is 0 Å². The summed E-state index contributed by atoms with van der Waals surface area (Å²) < 4.78 is 12.3. The van der Waals surface area contributed by atoms with Crippen LogP contribution in [0, 0.1) is 0 Å². The molecule has 3 heteroatoms. The maximum absolute atomic E-state index is 12.3. The Morgan fingerprint density at radius 3 is 2.69 bits per heavy atom. The second kappa shape index (κ2) is 4.68. The molecule has 1 aromatic rings. The first-order valence-electron chi connectivity index (χ1n) is 5.79. The zero-order valence-electron chi connectivity index (χ0n) is 10.1. The topological polar surface area (TPSA) is 29.1 Å². The van der Waals surface area contributed by atoms with Crippen molar-refractivity contribution in [3.63, 3.8) is 0 Å². The van der Waals surface area contributed by atoms with Crippen LogP contribution in [0.1, 0.15) is 31.0 Å². The summed E-state index contributed by atoms with van der Waals surface area (Å²) in [5.41, 5.74) is 2.67. The molecule has 0 amide bonds. The van der Waals surface area contributed by atoms with Gasteiger partial charge >= 0.3 is 0 Å². The van der Waals surface area contributed by atoms with Gasteiger partial charge in [0.25, 0.3) is 0 Å². The van der Waals surface area contributed by atoms with E-state index in [0.29, 0.717) is 0 Å². The van der Waals surface area contributed by atoms with E-state index in [1.807, 2.05) is 20.9 Å². The highest BCUT2D eigenvalue weighted by Crippen LogP contribution is 2.34. The fraction of sp³-hybridized carbons (Fsp3) is 0.538. The molecule has 2 rings (SSSR count). The van der Waals surface area contributed by atoms with Crippen LogP contribution in [0.5, 0.6) is 0 Å². The molecule has 0 saturated carbocycles. The quantitative estimate of drug-likeness (QED) is 0.871. The smallest absolute Gasteiger partial charge is 0.0585 e. The summed E-state index contributed by atoms with van der Waals surface area (Å²) >= 11 is 0. The molecule has 0 aromatic heterocycles. The van der Waals surface area contributed by atoms with Crippen molar-refractivity contribution < 1.29 is 4.21 Å². The molecule has 16 heavy (non-hydrogen) atoms. The van der Waals surface area contributed by atoms with Gasteiger partial charge in [-0.05, 0) is 24.6 Å². The number of benzene rings is 1. The number of rotatable bonds is 3. The third-order valence-electron chi connectivity index (χ3n) is 3.26. The first-order valence-corrected chi connectivity index (χ1v) is 7.07. The second-order valence-electron chi connectivity index (χ2n) is 4.59. The van der Waals surface area contributed by atoms with E-state index in [-0.39, 0.29) is 16.5 Å². The van der Waals surface area contributed by atoms with E-state index in [1.54, 1.807) is 0 Å². The zero-order valence-corrected chi connectivity index (χ0v) is 10.9. The summed E-state index contributed by atoms with van der Waals surface area (Å²) in [6.45, 7) is 4.07. The molecular weight excluding hydrogens is 218 g/mol. The van der Waals surface area contributed by atoms with Gasteiger partial charge in [-0.25, -0.2) is 0 Å². The molecule has 0 bridgehead atoms. The molecule has 0 aliphatic heterocycles. The lowest BCUT2D eigenvalue weighted by Gasteiger charge is -2.21. The van der Waals surface area contributed by atoms with E-state index >= 15 is 0 Å². The first kappa shape index (κ1) is 11.8. The average Bonchev–Trinajstić information content (AvgIpc) is 2.65. The Balaban J connectivity index is 2.31. The fourth-order valence-electron chi connectivity index (χ4n) is 2.47. The molecule has 88 valence electrons. The fourth-order valence-corrected chi connectivity index (χ4v) is 4.06. The van der Waals surface area contributed by atoms with Crippen molar-refractivity contribution in [3.05, 3.63) is 35.4 Å². The Bertz CT molecular complexity index is 403. The van der Waals surface area contributed by atoms with E-state index in [0.717, 1.165) is 6.42 Å². The van der Waals surface area contributed by atoms with Crippen molar-refractivity contribution in [2.75, 3.05) is 7.05 Å². The van der Waals surface area contributed by atoms with Crippen LogP contribution in [0.2, 0.25) is 0 Å². The maximum atomic E-state index is 12.3. The third kappa shape index (κ3) is 1.94. The van der Waals surface area contributed by atoms with E-state index in [1.165, 1.54) is 11.1 Å². The lowest BCUT2D eigenvalue weighted by Crippen LogP contribution is -2.32. The predicted octanol–water partition coefficient (Wildman–Crippen LogP) is 2.03. The SMILES string of the molecule is CNC1c2ccccc2CC1S(=O)C(C)C. The summed E-state index contributed by atoms with van der Waals surface area (Å²) in [5, 5.41) is 3.77. The number of hydrogen-bond donors (Lipinski definition) is 1. The molecule has 0 fully saturated rings. The normalized spacial score (nSPS) is 25.8. The van der Waals surface area contributed by atoms with Gasteiger partial charge in [-0.3, -0.25) is 4.21 Å². The zero-order chi connectivity index (χ0) is 11.7. The van der Waals surface area contributed by atoms with Gasteiger partial charge in [-0.15, -0.1) is 0 Å². The van der Waals surface area contributed by atoms with Crippen LogP contribution < -0.4 is 5.32 Å². The Kier molecular flexibility index (Phi) is 3.45. The highest BCUT2D eigenvalue weighted by atomic mass is 32.2. The van der Waals surface area contributed by atoms with Gasteiger partial charge in [-0.2, -0.15) is 0 Å². The van der Waals surface area contributed by atoms with E-state index in [2.05, 4.69) is 29.6 Å². The average molecular weight is 237 g/mol. The van der Waals surface area contributed by atoms with Crippen LogP contribution in [-0.2, 0) is 17.2 Å². The third-order valence-corrected chi connectivity index (χ3v) is 5.22. The highest BCUT2D eigenvalue weighted by Gasteiger charge is 2.35. The van der Waals surface area contributed by atoms with E-state index < -0.39 is 10.8 Å². The molecule has 1 aliphatic carbocycles. The lowest BCUT2D eigenvalue weighted by molar-refractivity contribution is 0.577. The Morgan fingerprint density at radius 1 is 1.38 bits per heavy atom. The van der Waals surface area contributed by atoms with Crippen molar-refractivity contribution in [1.82, 2.24) is 5.32 Å². The molecule has 2 nitrogen and oxygen atoms in total. The van der Waals surface area contributed by atoms with Gasteiger partial charge in [0.05, 0.1) is 5.25 Å². The minimum atomic E-state index is -0.766. The van der Waals surface area contributed by atoms with Crippen molar-refractivity contribution in [2.24, 2.45) is 0 Å². The molecule has 1 aliphatic rings. The molecule has 3 unspecified atom stereocenters. The van der Waals surface area contributed by atoms with Gasteiger partial charge in [0.15, 0.2) is 0 Å². The molecule has 0 spiro atoms. The Labute approximate surface area is 99.9 Å². The van der Waals surface area contributed by atoms with Gasteiger partial charge in [0.1, 0.15) is 0 Å². The second-order valence-corrected chi connectivity index (χ2v) is 6.79. The number of hydrogen-bond acceptors (Lipinski definition) is 2. The van der Waals surface area contributed by atoms with Crippen LogP contribution in [0.3, 0.4) is 0 Å². The Hall–Kier alpha value is -0.670. The van der Waals surface area contributed by atoms with Gasteiger partial charge in [-0.1, -0.05) is 38.1 Å². The van der Waals surface area contributed by atoms with Crippen LogP contribution in [0.25, 0.3) is 0 Å². The molecule has 1 aromatic carbocycles. The molecule has 0 saturated heterocycles. The lowest BCUT2D eigenvalue weighted by atomic mass is 10.1. The minimum absolute atomic E-state index is 0.224. The summed E-state index contributed by atoms with van der Waals surface area (Å²) in [6.07, 6.45) is 0.937. The van der Waals surface area contributed by atoms with Crippen molar-refractivity contribution in [3.8, 4) is 0 Å². The van der Waals surface area contributed by atoms with E-state index in [4.69, 9.17) is 0 Å². The van der Waals surface area contributed by atoms with Gasteiger partial charge in [0.2, 0.25) is 0 Å². The standard InChI is InChI=1S/C13H19NOS/c1-9(2)16(15)12-8-10-6-4-5-7-11(10)13(12)14-3/h4-7,9,12-14H,8H2,1-3H3. The van der Waals surface area contributed by atoms with Gasteiger partial charge in [0, 0.05) is 22.1 Å². The minimum Gasteiger partial charge on any atom is -0.312 e. The summed E-state index contributed by atoms with van der Waals surface area (Å²) in [4.78, 5) is 0. The van der Waals surface area contributed by atoms with Crippen LogP contribution in [0.15, 0.2) is 24.3 Å². The number of fused-ring (bicyclic) bond motifs is 1. The summed E-state index contributed by atoms with van der Waals surface area (Å²) in [7, 11) is 1.19.